The highest BCUT2D eigenvalue weighted by Crippen LogP contribution is 1.98. The van der Waals surface area contributed by atoms with Crippen molar-refractivity contribution in [2.24, 2.45) is 0 Å². The molecule has 0 spiro atoms. The Morgan fingerprint density at radius 1 is 1.23 bits per heavy atom. The Balaban J connectivity index is -0.000000218. The molecule has 0 saturated heterocycles. The molecule has 0 N–H and O–H groups in total. The van der Waals surface area contributed by atoms with Crippen LogP contribution in [0.3, 0.4) is 0 Å². The van der Waals surface area contributed by atoms with Gasteiger partial charge in [0.15, 0.2) is 0 Å². The first-order valence-electron chi connectivity index (χ1n) is 5.33. The van der Waals surface area contributed by atoms with Gasteiger partial charge in [-0.05, 0) is 13.3 Å². The lowest BCUT2D eigenvalue weighted by molar-refractivity contribution is -0.129. The summed E-state index contributed by atoms with van der Waals surface area (Å²) < 4.78 is 0. The summed E-state index contributed by atoms with van der Waals surface area (Å²) in [5, 5.41) is 0. The second-order valence-electron chi connectivity index (χ2n) is 2.39. The lowest BCUT2D eigenvalue weighted by atomic mass is 10.2. The SMILES string of the molecule is CC.CC.CCC(C)N(C)C(C)=O. The van der Waals surface area contributed by atoms with Gasteiger partial charge in [0.25, 0.3) is 0 Å². The van der Waals surface area contributed by atoms with Crippen molar-refractivity contribution in [3.05, 3.63) is 0 Å². The smallest absolute Gasteiger partial charge is 0.219 e. The van der Waals surface area contributed by atoms with Crippen molar-refractivity contribution in [3.8, 4) is 0 Å². The Morgan fingerprint density at radius 3 is 1.62 bits per heavy atom. The average molecular weight is 189 g/mol. The maximum Gasteiger partial charge on any atom is 0.219 e. The standard InChI is InChI=1S/C7H15NO.2C2H6/c1-5-6(2)8(4)7(3)9;2*1-2/h6H,5H2,1-4H3;2*1-2H3. The minimum absolute atomic E-state index is 0.143. The molecule has 0 fully saturated rings. The van der Waals surface area contributed by atoms with Gasteiger partial charge in [-0.3, -0.25) is 4.79 Å². The van der Waals surface area contributed by atoms with Crippen LogP contribution in [-0.4, -0.2) is 23.9 Å². The number of rotatable bonds is 2. The number of carbonyl (C=O) groups is 1. The number of carbonyl (C=O) groups excluding carboxylic acids is 1. The molecule has 2 nitrogen and oxygen atoms in total. The molecule has 0 radical (unpaired) electrons. The van der Waals surface area contributed by atoms with E-state index < -0.39 is 0 Å². The zero-order valence-electron chi connectivity index (χ0n) is 10.6. The van der Waals surface area contributed by atoms with Gasteiger partial charge >= 0.3 is 0 Å². The summed E-state index contributed by atoms with van der Waals surface area (Å²) in [6.07, 6.45) is 1.02. The largest absolute Gasteiger partial charge is 0.343 e. The Hall–Kier alpha value is -0.530. The Bertz CT molecular complexity index is 102. The van der Waals surface area contributed by atoms with Crippen LogP contribution in [0.4, 0.5) is 0 Å². The summed E-state index contributed by atoms with van der Waals surface area (Å²) >= 11 is 0. The zero-order valence-corrected chi connectivity index (χ0v) is 10.6. The van der Waals surface area contributed by atoms with Crippen molar-refractivity contribution in [2.75, 3.05) is 7.05 Å². The van der Waals surface area contributed by atoms with Crippen LogP contribution in [-0.2, 0) is 4.79 Å². The maximum absolute atomic E-state index is 10.7. The normalized spacial score (nSPS) is 9.85. The molecule has 82 valence electrons. The monoisotopic (exact) mass is 189 g/mol. The quantitative estimate of drug-likeness (QED) is 0.652. The number of amides is 1. The molecule has 1 atom stereocenters. The van der Waals surface area contributed by atoms with Gasteiger partial charge in [-0.25, -0.2) is 0 Å². The number of nitrogens with zero attached hydrogens (tertiary/aromatic N) is 1. The molecule has 0 aromatic heterocycles. The van der Waals surface area contributed by atoms with Gasteiger partial charge in [0.05, 0.1) is 0 Å². The first kappa shape index (κ1) is 18.3. The van der Waals surface area contributed by atoms with Crippen molar-refractivity contribution in [3.63, 3.8) is 0 Å². The lowest BCUT2D eigenvalue weighted by Crippen LogP contribution is -2.32. The van der Waals surface area contributed by atoms with Crippen LogP contribution < -0.4 is 0 Å². The van der Waals surface area contributed by atoms with Crippen LogP contribution in [0.5, 0.6) is 0 Å². The van der Waals surface area contributed by atoms with Gasteiger partial charge in [-0.2, -0.15) is 0 Å². The highest BCUT2D eigenvalue weighted by Gasteiger charge is 2.07. The minimum Gasteiger partial charge on any atom is -0.343 e. The molecule has 2 heteroatoms. The molecule has 0 heterocycles. The molecule has 0 aliphatic rings. The van der Waals surface area contributed by atoms with Crippen molar-refractivity contribution in [1.29, 1.82) is 0 Å². The van der Waals surface area contributed by atoms with E-state index >= 15 is 0 Å². The van der Waals surface area contributed by atoms with Crippen LogP contribution in [0.15, 0.2) is 0 Å². The molecule has 0 aliphatic heterocycles. The van der Waals surface area contributed by atoms with Gasteiger partial charge < -0.3 is 4.90 Å². The van der Waals surface area contributed by atoms with Crippen LogP contribution in [0.1, 0.15) is 54.9 Å². The Kier molecular flexibility index (Phi) is 19.7. The number of hydrogen-bond acceptors (Lipinski definition) is 1. The molecule has 13 heavy (non-hydrogen) atoms. The predicted molar refractivity (Wildman–Crippen MR) is 60.9 cm³/mol. The fourth-order valence-corrected chi connectivity index (χ4v) is 0.584. The third kappa shape index (κ3) is 11.5. The summed E-state index contributed by atoms with van der Waals surface area (Å²) in [4.78, 5) is 12.4. The van der Waals surface area contributed by atoms with Crippen LogP contribution >= 0.6 is 0 Å². The highest BCUT2D eigenvalue weighted by atomic mass is 16.2. The van der Waals surface area contributed by atoms with Gasteiger partial charge in [-0.15, -0.1) is 0 Å². The van der Waals surface area contributed by atoms with E-state index in [9.17, 15) is 4.79 Å². The summed E-state index contributed by atoms with van der Waals surface area (Å²) in [7, 11) is 1.83. The average Bonchev–Trinajstić information content (AvgIpc) is 2.21. The van der Waals surface area contributed by atoms with Crippen LogP contribution in [0, 0.1) is 0 Å². The van der Waals surface area contributed by atoms with E-state index in [1.165, 1.54) is 0 Å². The highest BCUT2D eigenvalue weighted by molar-refractivity contribution is 5.73. The van der Waals surface area contributed by atoms with E-state index in [2.05, 4.69) is 6.92 Å². The van der Waals surface area contributed by atoms with E-state index in [0.717, 1.165) is 6.42 Å². The van der Waals surface area contributed by atoms with Crippen molar-refractivity contribution in [1.82, 2.24) is 4.90 Å². The number of hydrogen-bond donors (Lipinski definition) is 0. The van der Waals surface area contributed by atoms with E-state index in [-0.39, 0.29) is 5.91 Å². The molecule has 0 saturated carbocycles. The van der Waals surface area contributed by atoms with Crippen LogP contribution in [0.25, 0.3) is 0 Å². The molecule has 0 aromatic rings. The van der Waals surface area contributed by atoms with Gasteiger partial charge in [0.2, 0.25) is 5.91 Å². The minimum atomic E-state index is 0.143. The third-order valence-corrected chi connectivity index (χ3v) is 1.75. The maximum atomic E-state index is 10.7. The zero-order chi connectivity index (χ0) is 11.4. The summed E-state index contributed by atoms with van der Waals surface area (Å²) in [5.74, 6) is 0.143. The Labute approximate surface area is 84.3 Å². The predicted octanol–water partition coefficient (Wildman–Crippen LogP) is 3.32. The molecule has 1 unspecified atom stereocenters. The molecule has 0 bridgehead atoms. The van der Waals surface area contributed by atoms with Gasteiger partial charge in [0, 0.05) is 20.0 Å². The summed E-state index contributed by atoms with van der Waals surface area (Å²) in [6.45, 7) is 13.7. The second-order valence-corrected chi connectivity index (χ2v) is 2.39. The lowest BCUT2D eigenvalue weighted by Gasteiger charge is -2.21. The molecule has 0 aliphatic carbocycles. The van der Waals surface area contributed by atoms with E-state index in [1.807, 2.05) is 41.7 Å². The summed E-state index contributed by atoms with van der Waals surface area (Å²) in [5.41, 5.74) is 0. The van der Waals surface area contributed by atoms with Gasteiger partial charge in [-0.1, -0.05) is 34.6 Å². The first-order chi connectivity index (χ1) is 6.09. The van der Waals surface area contributed by atoms with Crippen molar-refractivity contribution in [2.45, 2.75) is 60.9 Å². The third-order valence-electron chi connectivity index (χ3n) is 1.75. The van der Waals surface area contributed by atoms with E-state index in [4.69, 9.17) is 0 Å². The first-order valence-corrected chi connectivity index (χ1v) is 5.33. The van der Waals surface area contributed by atoms with E-state index in [0.29, 0.717) is 6.04 Å². The van der Waals surface area contributed by atoms with Gasteiger partial charge in [0.1, 0.15) is 0 Å². The fourth-order valence-electron chi connectivity index (χ4n) is 0.584. The van der Waals surface area contributed by atoms with Crippen molar-refractivity contribution >= 4 is 5.91 Å². The molecule has 0 rings (SSSR count). The molecule has 1 amide bonds. The van der Waals surface area contributed by atoms with Crippen LogP contribution in [0.2, 0.25) is 0 Å². The topological polar surface area (TPSA) is 20.3 Å². The van der Waals surface area contributed by atoms with E-state index in [1.54, 1.807) is 11.8 Å². The molecule has 0 aromatic carbocycles. The second kappa shape index (κ2) is 14.0. The molecular weight excluding hydrogens is 162 g/mol. The Morgan fingerprint density at radius 2 is 1.54 bits per heavy atom. The fraction of sp³-hybridized carbons (Fsp3) is 0.909. The van der Waals surface area contributed by atoms with Crippen molar-refractivity contribution < 1.29 is 4.79 Å². The molecular formula is C11H27NO. The summed E-state index contributed by atoms with van der Waals surface area (Å²) in [6, 6.07) is 0.377.